The second-order valence-corrected chi connectivity index (χ2v) is 6.33. The lowest BCUT2D eigenvalue weighted by Gasteiger charge is -2.18. The van der Waals surface area contributed by atoms with Crippen LogP contribution in [0.3, 0.4) is 0 Å². The zero-order chi connectivity index (χ0) is 14.0. The molecule has 1 unspecified atom stereocenters. The van der Waals surface area contributed by atoms with Crippen molar-refractivity contribution in [3.05, 3.63) is 34.7 Å². The van der Waals surface area contributed by atoms with E-state index in [9.17, 15) is 4.79 Å². The van der Waals surface area contributed by atoms with Crippen LogP contribution in [0.1, 0.15) is 23.8 Å². The van der Waals surface area contributed by atoms with Crippen molar-refractivity contribution in [2.24, 2.45) is 5.92 Å². The monoisotopic (exact) mass is 311 g/mol. The Labute approximate surface area is 131 Å². The molecule has 1 amide bonds. The maximum atomic E-state index is 12.1. The third-order valence-corrected chi connectivity index (χ3v) is 4.95. The van der Waals surface area contributed by atoms with Crippen LogP contribution >= 0.6 is 23.7 Å². The van der Waals surface area contributed by atoms with Gasteiger partial charge in [0.1, 0.15) is 0 Å². The molecule has 20 heavy (non-hydrogen) atoms. The molecule has 0 bridgehead atoms. The molecule has 4 heteroatoms. The lowest BCUT2D eigenvalue weighted by Crippen LogP contribution is -2.30. The highest BCUT2D eigenvalue weighted by molar-refractivity contribution is 7.19. The van der Waals surface area contributed by atoms with Crippen LogP contribution < -0.4 is 0 Å². The number of hydrogen-bond acceptors (Lipinski definition) is 2. The van der Waals surface area contributed by atoms with E-state index in [4.69, 9.17) is 0 Å². The van der Waals surface area contributed by atoms with Gasteiger partial charge in [-0.3, -0.25) is 4.79 Å². The van der Waals surface area contributed by atoms with Crippen molar-refractivity contribution in [3.8, 4) is 0 Å². The van der Waals surface area contributed by atoms with Gasteiger partial charge in [0, 0.05) is 29.6 Å². The molecule has 1 aromatic carbocycles. The van der Waals surface area contributed by atoms with Crippen molar-refractivity contribution in [1.29, 1.82) is 0 Å². The van der Waals surface area contributed by atoms with E-state index in [0.29, 0.717) is 0 Å². The van der Waals surface area contributed by atoms with Crippen LogP contribution in [0.5, 0.6) is 0 Å². The lowest BCUT2D eigenvalue weighted by atomic mass is 9.98. The summed E-state index contributed by atoms with van der Waals surface area (Å²) in [5, 5.41) is 1.33. The van der Waals surface area contributed by atoms with Gasteiger partial charge in [0.05, 0.1) is 0 Å². The number of benzene rings is 1. The van der Waals surface area contributed by atoms with E-state index in [1.165, 1.54) is 20.5 Å². The number of rotatable bonds is 4. The third kappa shape index (κ3) is 3.33. The van der Waals surface area contributed by atoms with E-state index < -0.39 is 0 Å². The second kappa shape index (κ2) is 7.09. The zero-order valence-electron chi connectivity index (χ0n) is 12.5. The van der Waals surface area contributed by atoms with Crippen LogP contribution in [-0.4, -0.2) is 24.9 Å². The number of halogens is 1. The van der Waals surface area contributed by atoms with Crippen LogP contribution in [0.4, 0.5) is 0 Å². The topological polar surface area (TPSA) is 20.3 Å². The summed E-state index contributed by atoms with van der Waals surface area (Å²) in [6, 6.07) is 8.48. The molecule has 110 valence electrons. The molecule has 2 nitrogen and oxygen atoms in total. The van der Waals surface area contributed by atoms with Crippen LogP contribution in [0.25, 0.3) is 10.1 Å². The Morgan fingerprint density at radius 3 is 2.50 bits per heavy atom. The molecule has 0 aliphatic heterocycles. The molecule has 2 rings (SSSR count). The number of aryl methyl sites for hydroxylation is 1. The molecule has 0 N–H and O–H groups in total. The van der Waals surface area contributed by atoms with E-state index in [1.807, 2.05) is 25.4 Å². The number of amides is 1. The summed E-state index contributed by atoms with van der Waals surface area (Å²) >= 11 is 1.83. The largest absolute Gasteiger partial charge is 0.349 e. The molecule has 0 saturated carbocycles. The predicted molar refractivity (Wildman–Crippen MR) is 90.0 cm³/mol. The summed E-state index contributed by atoms with van der Waals surface area (Å²) in [6.45, 7) is 4.26. The van der Waals surface area contributed by atoms with E-state index in [1.54, 1.807) is 4.90 Å². The average molecular weight is 312 g/mol. The molecule has 0 radical (unpaired) electrons. The van der Waals surface area contributed by atoms with Crippen LogP contribution in [0.2, 0.25) is 0 Å². The smallest absolute Gasteiger partial charge is 0.225 e. The molecular weight excluding hydrogens is 290 g/mol. The van der Waals surface area contributed by atoms with Crippen molar-refractivity contribution in [1.82, 2.24) is 4.90 Å². The molecule has 0 aliphatic carbocycles. The number of hydrogen-bond donors (Lipinski definition) is 0. The fourth-order valence-corrected chi connectivity index (χ4v) is 3.71. The van der Waals surface area contributed by atoms with Crippen molar-refractivity contribution in [2.75, 3.05) is 14.1 Å². The minimum Gasteiger partial charge on any atom is -0.349 e. The Kier molecular flexibility index (Phi) is 6.03. The van der Waals surface area contributed by atoms with Gasteiger partial charge < -0.3 is 4.90 Å². The molecular formula is C16H22ClNOS. The highest BCUT2D eigenvalue weighted by Gasteiger charge is 2.21. The Balaban J connectivity index is 0.00000200. The van der Waals surface area contributed by atoms with Gasteiger partial charge in [0.25, 0.3) is 0 Å². The average Bonchev–Trinajstić information content (AvgIpc) is 2.72. The Morgan fingerprint density at radius 2 is 1.95 bits per heavy atom. The molecule has 0 aliphatic rings. The maximum Gasteiger partial charge on any atom is 0.225 e. The summed E-state index contributed by atoms with van der Waals surface area (Å²) in [6.07, 6.45) is 1.75. The maximum absolute atomic E-state index is 12.1. The third-order valence-electron chi connectivity index (χ3n) is 3.66. The highest BCUT2D eigenvalue weighted by atomic mass is 35.5. The molecule has 0 fully saturated rings. The van der Waals surface area contributed by atoms with E-state index in [0.717, 1.165) is 12.8 Å². The lowest BCUT2D eigenvalue weighted by molar-refractivity contribution is -0.133. The number of nitrogens with zero attached hydrogens (tertiary/aromatic N) is 1. The van der Waals surface area contributed by atoms with Gasteiger partial charge in [0.2, 0.25) is 5.91 Å². The Bertz CT molecular complexity index is 591. The first kappa shape index (κ1) is 17.0. The SMILES string of the molecule is CCC(Cc1sc2ccccc2c1C)C(=O)N(C)C.Cl. The van der Waals surface area contributed by atoms with Crippen molar-refractivity contribution in [3.63, 3.8) is 0 Å². The first-order valence-electron chi connectivity index (χ1n) is 6.72. The summed E-state index contributed by atoms with van der Waals surface area (Å²) in [7, 11) is 3.67. The number of thiophene rings is 1. The normalized spacial score (nSPS) is 12.0. The highest BCUT2D eigenvalue weighted by Crippen LogP contribution is 2.32. The molecule has 0 saturated heterocycles. The summed E-state index contributed by atoms with van der Waals surface area (Å²) in [5.74, 6) is 0.334. The Morgan fingerprint density at radius 1 is 1.30 bits per heavy atom. The van der Waals surface area contributed by atoms with Crippen LogP contribution in [-0.2, 0) is 11.2 Å². The van der Waals surface area contributed by atoms with Crippen molar-refractivity contribution in [2.45, 2.75) is 26.7 Å². The minimum atomic E-state index is 0. The van der Waals surface area contributed by atoms with Crippen molar-refractivity contribution >= 4 is 39.7 Å². The quantitative estimate of drug-likeness (QED) is 0.825. The van der Waals surface area contributed by atoms with Gasteiger partial charge in [-0.1, -0.05) is 25.1 Å². The number of carbonyl (C=O) groups excluding carboxylic acids is 1. The van der Waals surface area contributed by atoms with Gasteiger partial charge in [-0.25, -0.2) is 0 Å². The Hall–Kier alpha value is -1.06. The van der Waals surface area contributed by atoms with Crippen LogP contribution in [0, 0.1) is 12.8 Å². The van der Waals surface area contributed by atoms with E-state index in [-0.39, 0.29) is 24.2 Å². The predicted octanol–water partition coefficient (Wildman–Crippen LogP) is 4.29. The summed E-state index contributed by atoms with van der Waals surface area (Å²) in [5.41, 5.74) is 1.34. The van der Waals surface area contributed by atoms with Crippen molar-refractivity contribution < 1.29 is 4.79 Å². The van der Waals surface area contributed by atoms with E-state index >= 15 is 0 Å². The van der Waals surface area contributed by atoms with Gasteiger partial charge in [-0.15, -0.1) is 23.7 Å². The number of carbonyl (C=O) groups is 1. The second-order valence-electron chi connectivity index (χ2n) is 5.19. The molecule has 1 heterocycles. The number of fused-ring (bicyclic) bond motifs is 1. The van der Waals surface area contributed by atoms with Gasteiger partial charge in [-0.2, -0.15) is 0 Å². The minimum absolute atomic E-state index is 0. The van der Waals surface area contributed by atoms with E-state index in [2.05, 4.69) is 38.1 Å². The molecule has 2 aromatic rings. The van der Waals surface area contributed by atoms with Crippen LogP contribution in [0.15, 0.2) is 24.3 Å². The first-order chi connectivity index (χ1) is 9.04. The molecule has 1 aromatic heterocycles. The summed E-state index contributed by atoms with van der Waals surface area (Å²) in [4.78, 5) is 15.2. The fourth-order valence-electron chi connectivity index (χ4n) is 2.41. The van der Waals surface area contributed by atoms with Gasteiger partial charge in [-0.05, 0) is 36.8 Å². The fraction of sp³-hybridized carbons (Fsp3) is 0.438. The summed E-state index contributed by atoms with van der Waals surface area (Å²) < 4.78 is 1.32. The van der Waals surface area contributed by atoms with Gasteiger partial charge in [0.15, 0.2) is 0 Å². The van der Waals surface area contributed by atoms with Gasteiger partial charge >= 0.3 is 0 Å². The molecule has 0 spiro atoms. The zero-order valence-corrected chi connectivity index (χ0v) is 14.1. The molecule has 1 atom stereocenters. The first-order valence-corrected chi connectivity index (χ1v) is 7.54. The standard InChI is InChI=1S/C16H21NOS.ClH/c1-5-12(16(18)17(3)4)10-15-11(2)13-8-6-7-9-14(13)19-15;/h6-9,12H,5,10H2,1-4H3;1H.